The molecule has 0 bridgehead atoms. The minimum Gasteiger partial charge on any atom is -0.423 e. The van der Waals surface area contributed by atoms with E-state index < -0.39 is 5.63 Å². The number of benzene rings is 2. The molecule has 26 heavy (non-hydrogen) atoms. The first-order valence-corrected chi connectivity index (χ1v) is 8.28. The van der Waals surface area contributed by atoms with E-state index >= 15 is 0 Å². The van der Waals surface area contributed by atoms with E-state index in [9.17, 15) is 9.59 Å². The van der Waals surface area contributed by atoms with Gasteiger partial charge in [-0.1, -0.05) is 15.9 Å². The summed E-state index contributed by atoms with van der Waals surface area (Å²) < 4.78 is 7.25. The zero-order valence-electron chi connectivity index (χ0n) is 13.1. The van der Waals surface area contributed by atoms with Crippen molar-refractivity contribution >= 4 is 38.5 Å². The lowest BCUT2D eigenvalue weighted by Crippen LogP contribution is -2.15. The molecule has 0 fully saturated rings. The van der Waals surface area contributed by atoms with Crippen LogP contribution in [0.4, 0.5) is 5.69 Å². The van der Waals surface area contributed by atoms with Gasteiger partial charge in [0.1, 0.15) is 11.9 Å². The van der Waals surface area contributed by atoms with Gasteiger partial charge >= 0.3 is 5.63 Å². The molecule has 2 aromatic carbocycles. The minimum atomic E-state index is -0.422. The Balaban J connectivity index is 1.69. The van der Waals surface area contributed by atoms with E-state index in [2.05, 4.69) is 36.8 Å². The molecule has 2 aromatic heterocycles. The summed E-state index contributed by atoms with van der Waals surface area (Å²) in [6.45, 7) is 0. The fourth-order valence-corrected chi connectivity index (χ4v) is 2.87. The number of carbonyl (C=O) groups excluding carboxylic acids is 1. The Labute approximate surface area is 154 Å². The highest BCUT2D eigenvalue weighted by atomic mass is 79.9. The standard InChI is InChI=1S/C17H10BrN5O3/c18-11-2-4-14(23-9-19-21-22-23)13(8-11)17(25)20-12-3-5-15-10(7-12)1-6-16(24)26-15/h1-9H,(H,20,25). The number of amides is 1. The molecular weight excluding hydrogens is 402 g/mol. The van der Waals surface area contributed by atoms with E-state index in [0.29, 0.717) is 27.9 Å². The molecule has 128 valence electrons. The molecule has 0 atom stereocenters. The summed E-state index contributed by atoms with van der Waals surface area (Å²) in [5, 5.41) is 14.6. The molecule has 0 saturated heterocycles. The Morgan fingerprint density at radius 2 is 2.00 bits per heavy atom. The van der Waals surface area contributed by atoms with Crippen molar-refractivity contribution in [3.8, 4) is 5.69 Å². The molecule has 0 radical (unpaired) electrons. The third kappa shape index (κ3) is 3.11. The van der Waals surface area contributed by atoms with Crippen molar-refractivity contribution in [2.45, 2.75) is 0 Å². The van der Waals surface area contributed by atoms with E-state index in [1.807, 2.05) is 0 Å². The molecule has 4 aromatic rings. The number of fused-ring (bicyclic) bond motifs is 1. The number of tetrazole rings is 1. The minimum absolute atomic E-state index is 0.325. The molecule has 4 rings (SSSR count). The van der Waals surface area contributed by atoms with Crippen LogP contribution in [0.1, 0.15) is 10.4 Å². The molecule has 1 N–H and O–H groups in total. The van der Waals surface area contributed by atoms with Crippen LogP contribution in [0.25, 0.3) is 16.7 Å². The molecule has 0 aliphatic carbocycles. The van der Waals surface area contributed by atoms with Crippen molar-refractivity contribution in [2.75, 3.05) is 5.32 Å². The van der Waals surface area contributed by atoms with E-state index in [1.54, 1.807) is 42.5 Å². The van der Waals surface area contributed by atoms with Gasteiger partial charge in [0.2, 0.25) is 0 Å². The van der Waals surface area contributed by atoms with Crippen LogP contribution >= 0.6 is 15.9 Å². The van der Waals surface area contributed by atoms with Crippen molar-refractivity contribution in [1.82, 2.24) is 20.2 Å². The Hall–Kier alpha value is -3.33. The van der Waals surface area contributed by atoms with Gasteiger partial charge in [-0.15, -0.1) is 5.10 Å². The fraction of sp³-hybridized carbons (Fsp3) is 0. The van der Waals surface area contributed by atoms with Gasteiger partial charge in [-0.25, -0.2) is 4.79 Å². The van der Waals surface area contributed by atoms with E-state index in [0.717, 1.165) is 4.47 Å². The van der Waals surface area contributed by atoms with Crippen molar-refractivity contribution in [2.24, 2.45) is 0 Å². The first-order chi connectivity index (χ1) is 12.6. The van der Waals surface area contributed by atoms with Crippen molar-refractivity contribution in [3.63, 3.8) is 0 Å². The van der Waals surface area contributed by atoms with E-state index in [4.69, 9.17) is 4.42 Å². The molecule has 0 aliphatic rings. The van der Waals surface area contributed by atoms with Gasteiger partial charge in [0.05, 0.1) is 11.3 Å². The first kappa shape index (κ1) is 16.2. The van der Waals surface area contributed by atoms with Crippen LogP contribution in [-0.4, -0.2) is 26.1 Å². The highest BCUT2D eigenvalue weighted by Gasteiger charge is 2.15. The monoisotopic (exact) mass is 411 g/mol. The summed E-state index contributed by atoms with van der Waals surface area (Å²) in [4.78, 5) is 24.0. The van der Waals surface area contributed by atoms with Crippen molar-refractivity contribution < 1.29 is 9.21 Å². The lowest BCUT2D eigenvalue weighted by Gasteiger charge is -2.10. The average Bonchev–Trinajstić information content (AvgIpc) is 3.16. The largest absolute Gasteiger partial charge is 0.423 e. The number of hydrogen-bond acceptors (Lipinski definition) is 6. The van der Waals surface area contributed by atoms with E-state index in [-0.39, 0.29) is 5.91 Å². The van der Waals surface area contributed by atoms with Crippen LogP contribution < -0.4 is 10.9 Å². The molecule has 2 heterocycles. The van der Waals surface area contributed by atoms with Gasteiger partial charge < -0.3 is 9.73 Å². The predicted octanol–water partition coefficient (Wildman–Crippen LogP) is 2.78. The van der Waals surface area contributed by atoms with Crippen LogP contribution in [0.2, 0.25) is 0 Å². The van der Waals surface area contributed by atoms with Gasteiger partial charge in [-0.3, -0.25) is 4.79 Å². The summed E-state index contributed by atoms with van der Waals surface area (Å²) in [5.41, 5.74) is 1.54. The van der Waals surface area contributed by atoms with Crippen LogP contribution in [0.3, 0.4) is 0 Å². The topological polar surface area (TPSA) is 103 Å². The van der Waals surface area contributed by atoms with Crippen LogP contribution in [0.5, 0.6) is 0 Å². The average molecular weight is 412 g/mol. The number of nitrogens with one attached hydrogen (secondary N) is 1. The maximum atomic E-state index is 12.8. The molecular formula is C17H10BrN5O3. The van der Waals surface area contributed by atoms with Crippen molar-refractivity contribution in [3.05, 3.63) is 75.3 Å². The molecule has 0 unspecified atom stereocenters. The van der Waals surface area contributed by atoms with Crippen molar-refractivity contribution in [1.29, 1.82) is 0 Å². The second-order valence-corrected chi connectivity index (χ2v) is 6.29. The number of aromatic nitrogens is 4. The second-order valence-electron chi connectivity index (χ2n) is 5.38. The maximum Gasteiger partial charge on any atom is 0.336 e. The SMILES string of the molecule is O=C(Nc1ccc2oc(=O)ccc2c1)c1cc(Br)ccc1-n1cnnn1. The van der Waals surface area contributed by atoms with Gasteiger partial charge in [0, 0.05) is 21.6 Å². The number of carbonyl (C=O) groups is 1. The van der Waals surface area contributed by atoms with E-state index in [1.165, 1.54) is 17.1 Å². The van der Waals surface area contributed by atoms with Gasteiger partial charge in [0.25, 0.3) is 5.91 Å². The Kier molecular flexibility index (Phi) is 4.05. The summed E-state index contributed by atoms with van der Waals surface area (Å²) in [7, 11) is 0. The molecule has 9 heteroatoms. The predicted molar refractivity (Wildman–Crippen MR) is 97.3 cm³/mol. The van der Waals surface area contributed by atoms with Gasteiger partial charge in [-0.05, 0) is 52.9 Å². The molecule has 1 amide bonds. The number of nitrogens with zero attached hydrogens (tertiary/aromatic N) is 4. The number of hydrogen-bond donors (Lipinski definition) is 1. The molecule has 0 spiro atoms. The molecule has 0 saturated carbocycles. The number of halogens is 1. The number of rotatable bonds is 3. The third-order valence-corrected chi connectivity index (χ3v) is 4.17. The summed E-state index contributed by atoms with van der Waals surface area (Å²) >= 11 is 3.37. The Morgan fingerprint density at radius 1 is 1.12 bits per heavy atom. The highest BCUT2D eigenvalue weighted by Crippen LogP contribution is 2.22. The normalized spacial score (nSPS) is 10.8. The smallest absolute Gasteiger partial charge is 0.336 e. The van der Waals surface area contributed by atoms with Crippen LogP contribution in [-0.2, 0) is 0 Å². The van der Waals surface area contributed by atoms with Crippen LogP contribution in [0.15, 0.2) is 68.5 Å². The fourth-order valence-electron chi connectivity index (χ4n) is 2.51. The number of anilines is 1. The lowest BCUT2D eigenvalue weighted by atomic mass is 10.1. The summed E-state index contributed by atoms with van der Waals surface area (Å²) in [6, 6.07) is 13.2. The third-order valence-electron chi connectivity index (χ3n) is 3.68. The quantitative estimate of drug-likeness (QED) is 0.519. The highest BCUT2D eigenvalue weighted by molar-refractivity contribution is 9.10. The van der Waals surface area contributed by atoms with Gasteiger partial charge in [-0.2, -0.15) is 4.68 Å². The summed E-state index contributed by atoms with van der Waals surface area (Å²) in [6.07, 6.45) is 1.41. The second kappa shape index (κ2) is 6.52. The zero-order chi connectivity index (χ0) is 18.1. The lowest BCUT2D eigenvalue weighted by molar-refractivity contribution is 0.102. The van der Waals surface area contributed by atoms with Gasteiger partial charge in [0.15, 0.2) is 0 Å². The maximum absolute atomic E-state index is 12.8. The zero-order valence-corrected chi connectivity index (χ0v) is 14.7. The Morgan fingerprint density at radius 3 is 2.81 bits per heavy atom. The first-order valence-electron chi connectivity index (χ1n) is 7.48. The van der Waals surface area contributed by atoms with Crippen LogP contribution in [0, 0.1) is 0 Å². The summed E-state index contributed by atoms with van der Waals surface area (Å²) in [5.74, 6) is -0.325. The molecule has 0 aliphatic heterocycles. The Bertz CT molecular complexity index is 1170. The molecule has 8 nitrogen and oxygen atoms in total.